The number of nitrogens with one attached hydrogen (secondary N) is 3. The van der Waals surface area contributed by atoms with Crippen LogP contribution in [0.15, 0.2) is 114 Å². The standard InChI is InChI=1S/C19H25BN2O4S.C14H14BrNO2S.C12H24B2O4/c1-18(2)19(3,4)26-20(25-18)16-10-8-9-15(13-16)14-21-27(23,24)22-17-11-6-5-7-12-17;15-13-6-4-5-12(11-13)9-10-19(17,18)16-14-7-2-1-3-8-14;1-9(2)10(3,4)16-13(15-9)14-17-11(5,6)12(7,8)18-14/h5-13,21-22H,14H2,1-4H3;1-8,11,16H,9-10H2;1-8H3. The number of rotatable bonds is 12. The van der Waals surface area contributed by atoms with Crippen molar-refractivity contribution >= 4 is 74.1 Å². The van der Waals surface area contributed by atoms with Crippen LogP contribution >= 0.6 is 15.9 Å². The third-order valence-electron chi connectivity index (χ3n) is 12.3. The van der Waals surface area contributed by atoms with Crippen molar-refractivity contribution in [2.24, 2.45) is 0 Å². The number of para-hydroxylation sites is 2. The highest BCUT2D eigenvalue weighted by molar-refractivity contribution is 9.10. The third-order valence-corrected chi connectivity index (χ3v) is 15.1. The summed E-state index contributed by atoms with van der Waals surface area (Å²) in [5, 5.41) is 0. The monoisotopic (exact) mass is 981 g/mol. The van der Waals surface area contributed by atoms with Crippen LogP contribution in [0, 0.1) is 0 Å². The molecular weight excluding hydrogens is 919 g/mol. The maximum atomic E-state index is 12.2. The van der Waals surface area contributed by atoms with Gasteiger partial charge in [-0.1, -0.05) is 88.7 Å². The van der Waals surface area contributed by atoms with Crippen molar-refractivity contribution in [3.63, 3.8) is 0 Å². The fourth-order valence-electron chi connectivity index (χ4n) is 6.39. The van der Waals surface area contributed by atoms with Gasteiger partial charge in [0.05, 0.1) is 39.4 Å². The Morgan fingerprint density at radius 2 is 0.922 bits per heavy atom. The highest BCUT2D eigenvalue weighted by Gasteiger charge is 2.63. The van der Waals surface area contributed by atoms with E-state index >= 15 is 0 Å². The lowest BCUT2D eigenvalue weighted by Crippen LogP contribution is -2.41. The number of hydrogen-bond donors (Lipinski definition) is 3. The van der Waals surface area contributed by atoms with Crippen molar-refractivity contribution in [2.75, 3.05) is 15.2 Å². The van der Waals surface area contributed by atoms with Gasteiger partial charge >= 0.3 is 21.1 Å². The third kappa shape index (κ3) is 13.7. The highest BCUT2D eigenvalue weighted by atomic mass is 79.9. The van der Waals surface area contributed by atoms with Crippen LogP contribution in [-0.2, 0) is 61.1 Å². The molecule has 0 aliphatic carbocycles. The van der Waals surface area contributed by atoms with Gasteiger partial charge in [-0.2, -0.15) is 13.1 Å². The molecule has 4 aromatic carbocycles. The summed E-state index contributed by atoms with van der Waals surface area (Å²) in [6.07, 6.45) is 0.488. The topological polar surface area (TPSA) is 160 Å². The van der Waals surface area contributed by atoms with Crippen LogP contribution < -0.4 is 19.6 Å². The van der Waals surface area contributed by atoms with E-state index in [-0.39, 0.29) is 34.7 Å². The number of halogens is 1. The summed E-state index contributed by atoms with van der Waals surface area (Å²) in [7, 11) is -8.40. The molecule has 0 bridgehead atoms. The molecule has 3 aliphatic heterocycles. The summed E-state index contributed by atoms with van der Waals surface area (Å²) in [4.78, 5) is 0. The van der Waals surface area contributed by atoms with Crippen molar-refractivity contribution in [3.05, 3.63) is 125 Å². The Morgan fingerprint density at radius 1 is 0.500 bits per heavy atom. The van der Waals surface area contributed by atoms with Crippen LogP contribution in [0.5, 0.6) is 0 Å². The molecule has 0 spiro atoms. The van der Waals surface area contributed by atoms with Crippen LogP contribution in [-0.4, -0.2) is 77.3 Å². The molecule has 0 amide bonds. The Labute approximate surface area is 391 Å². The van der Waals surface area contributed by atoms with Crippen molar-refractivity contribution in [1.29, 1.82) is 0 Å². The first-order valence-electron chi connectivity index (χ1n) is 21.3. The molecule has 0 atom stereocenters. The van der Waals surface area contributed by atoms with Gasteiger partial charge in [0.15, 0.2) is 0 Å². The molecule has 3 N–H and O–H groups in total. The highest BCUT2D eigenvalue weighted by Crippen LogP contribution is 2.43. The molecule has 0 radical (unpaired) electrons. The Bertz CT molecular complexity index is 2330. The average Bonchev–Trinajstić information content (AvgIpc) is 3.67. The first kappa shape index (κ1) is 51.8. The van der Waals surface area contributed by atoms with Crippen molar-refractivity contribution in [1.82, 2.24) is 4.72 Å². The molecule has 7 rings (SSSR count). The van der Waals surface area contributed by atoms with Crippen molar-refractivity contribution in [3.8, 4) is 0 Å². The molecule has 346 valence electrons. The van der Waals surface area contributed by atoms with E-state index in [4.69, 9.17) is 27.9 Å². The summed E-state index contributed by atoms with van der Waals surface area (Å²) in [5.74, 6) is 0.0678. The van der Waals surface area contributed by atoms with Gasteiger partial charge in [-0.05, 0) is 142 Å². The lowest BCUT2D eigenvalue weighted by molar-refractivity contribution is 0.00578. The Kier molecular flexibility index (Phi) is 16.1. The number of sulfonamides is 1. The van der Waals surface area contributed by atoms with E-state index in [1.165, 1.54) is 0 Å². The number of aryl methyl sites for hydroxylation is 1. The maximum absolute atomic E-state index is 12.2. The van der Waals surface area contributed by atoms with Crippen LogP contribution in [0.25, 0.3) is 0 Å². The van der Waals surface area contributed by atoms with Crippen LogP contribution in [0.1, 0.15) is 94.2 Å². The second kappa shape index (κ2) is 19.9. The number of benzene rings is 4. The van der Waals surface area contributed by atoms with E-state index in [1.54, 1.807) is 48.5 Å². The zero-order valence-corrected chi connectivity index (χ0v) is 42.2. The van der Waals surface area contributed by atoms with Crippen molar-refractivity contribution < 1.29 is 44.8 Å². The minimum atomic E-state index is -3.66. The molecular formula is C45H63B3BrN3O10S2. The van der Waals surface area contributed by atoms with Gasteiger partial charge in [0, 0.05) is 22.4 Å². The lowest BCUT2D eigenvalue weighted by Gasteiger charge is -2.32. The number of hydrogen-bond acceptors (Lipinski definition) is 10. The van der Waals surface area contributed by atoms with Gasteiger partial charge in [0.1, 0.15) is 0 Å². The second-order valence-electron chi connectivity index (χ2n) is 19.0. The predicted molar refractivity (Wildman–Crippen MR) is 262 cm³/mol. The molecule has 19 heteroatoms. The zero-order chi connectivity index (χ0) is 47.4. The summed E-state index contributed by atoms with van der Waals surface area (Å²) >= 11 is 3.37. The molecule has 0 saturated carbocycles. The largest absolute Gasteiger partial charge is 0.494 e. The predicted octanol–water partition coefficient (Wildman–Crippen LogP) is 8.12. The quantitative estimate of drug-likeness (QED) is 0.118. The smallest absolute Gasteiger partial charge is 0.405 e. The molecule has 3 saturated heterocycles. The number of anilines is 2. The summed E-state index contributed by atoms with van der Waals surface area (Å²) in [5.41, 5.74) is 1.50. The summed E-state index contributed by atoms with van der Waals surface area (Å²) < 4.78 is 92.8. The zero-order valence-electron chi connectivity index (χ0n) is 39.0. The normalized spacial score (nSPS) is 20.1. The Balaban J connectivity index is 0.000000186. The van der Waals surface area contributed by atoms with Gasteiger partial charge in [0.25, 0.3) is 10.2 Å². The minimum Gasteiger partial charge on any atom is -0.405 e. The Hall–Kier alpha value is -3.23. The lowest BCUT2D eigenvalue weighted by atomic mass is 9.49. The average molecular weight is 982 g/mol. The van der Waals surface area contributed by atoms with E-state index in [0.29, 0.717) is 17.8 Å². The molecule has 0 unspecified atom stereocenters. The molecule has 13 nitrogen and oxygen atoms in total. The Morgan fingerprint density at radius 3 is 1.39 bits per heavy atom. The molecule has 0 aromatic heterocycles. The van der Waals surface area contributed by atoms with Crippen LogP contribution in [0.2, 0.25) is 0 Å². The molecule has 3 aliphatic rings. The van der Waals surface area contributed by atoms with E-state index in [0.717, 1.165) is 21.1 Å². The minimum absolute atomic E-state index is 0.0678. The molecule has 3 fully saturated rings. The SMILES string of the molecule is CC1(C)OB(B2OC(C)(C)C(C)(C)O2)OC1(C)C.CC1(C)OB(c2cccc(CNS(=O)(=O)Nc3ccccc3)c2)OC1(C)C.O=S(=O)(CCc1cccc(Br)c1)Nc1ccccc1. The fourth-order valence-corrected chi connectivity index (χ4v) is 8.81. The van der Waals surface area contributed by atoms with E-state index in [9.17, 15) is 16.8 Å². The van der Waals surface area contributed by atoms with Crippen LogP contribution in [0.4, 0.5) is 11.4 Å². The second-order valence-corrected chi connectivity index (χ2v) is 23.3. The van der Waals surface area contributed by atoms with Crippen molar-refractivity contribution in [2.45, 2.75) is 130 Å². The van der Waals surface area contributed by atoms with Gasteiger partial charge in [-0.15, -0.1) is 0 Å². The van der Waals surface area contributed by atoms with Gasteiger partial charge in [0.2, 0.25) is 10.0 Å². The molecule has 4 aromatic rings. The molecule has 64 heavy (non-hydrogen) atoms. The summed E-state index contributed by atoms with van der Waals surface area (Å²) in [6.45, 7) is 24.4. The summed E-state index contributed by atoms with van der Waals surface area (Å²) in [6, 6.07) is 32.9. The van der Waals surface area contributed by atoms with Crippen LogP contribution in [0.3, 0.4) is 0 Å². The van der Waals surface area contributed by atoms with Gasteiger partial charge in [-0.3, -0.25) is 9.44 Å². The maximum Gasteiger partial charge on any atom is 0.494 e. The first-order chi connectivity index (χ1) is 29.5. The van der Waals surface area contributed by atoms with E-state index < -0.39 is 52.6 Å². The fraction of sp³-hybridized carbons (Fsp3) is 0.467. The van der Waals surface area contributed by atoms with E-state index in [2.05, 4.69) is 30.1 Å². The molecule has 3 heterocycles. The first-order valence-corrected chi connectivity index (χ1v) is 25.2. The van der Waals surface area contributed by atoms with Gasteiger partial charge in [-0.25, -0.2) is 8.42 Å². The van der Waals surface area contributed by atoms with E-state index in [1.807, 2.05) is 144 Å². The van der Waals surface area contributed by atoms with Gasteiger partial charge < -0.3 is 27.9 Å².